The van der Waals surface area contributed by atoms with Crippen molar-refractivity contribution in [1.82, 2.24) is 14.1 Å². The van der Waals surface area contributed by atoms with Crippen LogP contribution in [0.3, 0.4) is 0 Å². The van der Waals surface area contributed by atoms with Gasteiger partial charge in [-0.15, -0.1) is 11.3 Å². The van der Waals surface area contributed by atoms with Gasteiger partial charge in [0.25, 0.3) is 5.56 Å². The highest BCUT2D eigenvalue weighted by molar-refractivity contribution is 7.09. The maximum Gasteiger partial charge on any atom is 0.332 e. The second kappa shape index (κ2) is 5.91. The van der Waals surface area contributed by atoms with Gasteiger partial charge in [-0.1, -0.05) is 6.92 Å². The number of hydrogen-bond acceptors (Lipinski definition) is 6. The molecule has 8 heteroatoms. The van der Waals surface area contributed by atoms with Crippen LogP contribution in [-0.2, 0) is 20.1 Å². The third-order valence-electron chi connectivity index (χ3n) is 2.93. The molecule has 0 saturated heterocycles. The van der Waals surface area contributed by atoms with E-state index in [1.807, 2.05) is 12.3 Å². The summed E-state index contributed by atoms with van der Waals surface area (Å²) in [5, 5.41) is 5.68. The molecule has 0 bridgehead atoms. The summed E-state index contributed by atoms with van der Waals surface area (Å²) >= 11 is 1.48. The second-order valence-corrected chi connectivity index (χ2v) is 5.32. The third-order valence-corrected chi connectivity index (χ3v) is 3.71. The Labute approximate surface area is 119 Å². The fourth-order valence-corrected chi connectivity index (χ4v) is 2.45. The van der Waals surface area contributed by atoms with Crippen LogP contribution in [-0.4, -0.2) is 14.1 Å². The molecule has 2 aromatic heterocycles. The zero-order chi connectivity index (χ0) is 14.7. The monoisotopic (exact) mass is 295 g/mol. The van der Waals surface area contributed by atoms with Crippen LogP contribution >= 0.6 is 11.3 Å². The molecule has 108 valence electrons. The van der Waals surface area contributed by atoms with Gasteiger partial charge < -0.3 is 11.1 Å². The van der Waals surface area contributed by atoms with E-state index in [0.717, 1.165) is 16.0 Å². The number of nitrogens with two attached hydrogens (primary N) is 1. The normalized spacial score (nSPS) is 10.7. The van der Waals surface area contributed by atoms with E-state index in [1.54, 1.807) is 6.20 Å². The Morgan fingerprint density at radius 2 is 2.20 bits per heavy atom. The van der Waals surface area contributed by atoms with Gasteiger partial charge in [-0.25, -0.2) is 9.78 Å². The Morgan fingerprint density at radius 1 is 1.45 bits per heavy atom. The molecule has 2 rings (SSSR count). The van der Waals surface area contributed by atoms with Crippen LogP contribution in [0.25, 0.3) is 0 Å². The Kier molecular flexibility index (Phi) is 4.23. The second-order valence-electron chi connectivity index (χ2n) is 4.34. The fraction of sp³-hybridized carbons (Fsp3) is 0.417. The molecule has 0 amide bonds. The Bertz CT molecular complexity index is 702. The Hall–Kier alpha value is -2.09. The van der Waals surface area contributed by atoms with E-state index < -0.39 is 11.2 Å². The number of rotatable bonds is 5. The highest BCUT2D eigenvalue weighted by Gasteiger charge is 2.14. The van der Waals surface area contributed by atoms with Gasteiger partial charge in [-0.2, -0.15) is 0 Å². The minimum Gasteiger partial charge on any atom is -0.383 e. The first kappa shape index (κ1) is 14.3. The van der Waals surface area contributed by atoms with Gasteiger partial charge in [0.15, 0.2) is 0 Å². The maximum atomic E-state index is 12.1. The van der Waals surface area contributed by atoms with Gasteiger partial charge in [0.2, 0.25) is 0 Å². The van der Waals surface area contributed by atoms with Crippen molar-refractivity contribution in [3.8, 4) is 0 Å². The van der Waals surface area contributed by atoms with Gasteiger partial charge in [0.05, 0.1) is 6.54 Å². The van der Waals surface area contributed by atoms with E-state index in [1.165, 1.54) is 23.0 Å². The lowest BCUT2D eigenvalue weighted by Crippen LogP contribution is -2.40. The third kappa shape index (κ3) is 2.60. The van der Waals surface area contributed by atoms with Crippen molar-refractivity contribution in [2.24, 2.45) is 7.05 Å². The Balaban J connectivity index is 2.41. The van der Waals surface area contributed by atoms with E-state index in [2.05, 4.69) is 10.3 Å². The smallest absolute Gasteiger partial charge is 0.332 e. The van der Waals surface area contributed by atoms with Crippen LogP contribution < -0.4 is 22.3 Å². The average molecular weight is 295 g/mol. The predicted molar refractivity (Wildman–Crippen MR) is 80.1 cm³/mol. The molecule has 0 aliphatic rings. The van der Waals surface area contributed by atoms with Crippen molar-refractivity contribution >= 4 is 22.8 Å². The standard InChI is InChI=1S/C12H17N5O2S/c1-3-5-17-10(13)9(11(18)16(2)12(17)19)15-7-8-14-4-6-20-8/h4,6,15H,3,5,7,13H2,1-2H3. The molecular weight excluding hydrogens is 278 g/mol. The summed E-state index contributed by atoms with van der Waals surface area (Å²) in [7, 11) is 1.45. The molecule has 0 aliphatic heterocycles. The van der Waals surface area contributed by atoms with Crippen LogP contribution in [0.2, 0.25) is 0 Å². The lowest BCUT2D eigenvalue weighted by atomic mass is 10.4. The van der Waals surface area contributed by atoms with Crippen molar-refractivity contribution in [3.05, 3.63) is 37.4 Å². The number of hydrogen-bond donors (Lipinski definition) is 2. The number of nitrogen functional groups attached to an aromatic ring is 1. The van der Waals surface area contributed by atoms with Crippen LogP contribution in [0, 0.1) is 0 Å². The van der Waals surface area contributed by atoms with E-state index >= 15 is 0 Å². The number of anilines is 2. The molecular formula is C12H17N5O2S. The van der Waals surface area contributed by atoms with Gasteiger partial charge in [-0.3, -0.25) is 13.9 Å². The summed E-state index contributed by atoms with van der Waals surface area (Å²) in [6.07, 6.45) is 2.45. The van der Waals surface area contributed by atoms with Crippen molar-refractivity contribution in [1.29, 1.82) is 0 Å². The van der Waals surface area contributed by atoms with E-state index in [-0.39, 0.29) is 11.5 Å². The molecule has 20 heavy (non-hydrogen) atoms. The largest absolute Gasteiger partial charge is 0.383 e. The molecule has 0 aliphatic carbocycles. The van der Waals surface area contributed by atoms with Crippen LogP contribution in [0.4, 0.5) is 11.5 Å². The zero-order valence-corrected chi connectivity index (χ0v) is 12.2. The number of aromatic nitrogens is 3. The first-order chi connectivity index (χ1) is 9.56. The SMILES string of the molecule is CCCn1c(N)c(NCc2nccs2)c(=O)n(C)c1=O. The Morgan fingerprint density at radius 3 is 2.80 bits per heavy atom. The zero-order valence-electron chi connectivity index (χ0n) is 11.4. The molecule has 3 N–H and O–H groups in total. The van der Waals surface area contributed by atoms with E-state index in [4.69, 9.17) is 5.73 Å². The number of nitrogens with zero attached hydrogens (tertiary/aromatic N) is 3. The molecule has 0 spiro atoms. The molecule has 2 aromatic rings. The highest BCUT2D eigenvalue weighted by atomic mass is 32.1. The summed E-state index contributed by atoms with van der Waals surface area (Å²) < 4.78 is 2.47. The van der Waals surface area contributed by atoms with E-state index in [9.17, 15) is 9.59 Å². The summed E-state index contributed by atoms with van der Waals surface area (Å²) in [5.41, 5.74) is 5.38. The quantitative estimate of drug-likeness (QED) is 0.842. The molecule has 0 saturated carbocycles. The van der Waals surface area contributed by atoms with Gasteiger partial charge in [0.1, 0.15) is 16.5 Å². The molecule has 2 heterocycles. The van der Waals surface area contributed by atoms with Gasteiger partial charge in [-0.05, 0) is 6.42 Å². The minimum absolute atomic E-state index is 0.177. The van der Waals surface area contributed by atoms with Crippen LogP contribution in [0.1, 0.15) is 18.4 Å². The van der Waals surface area contributed by atoms with Crippen LogP contribution in [0.5, 0.6) is 0 Å². The fourth-order valence-electron chi connectivity index (χ4n) is 1.89. The van der Waals surface area contributed by atoms with Crippen LogP contribution in [0.15, 0.2) is 21.2 Å². The average Bonchev–Trinajstić information content (AvgIpc) is 2.94. The topological polar surface area (TPSA) is 94.9 Å². The van der Waals surface area contributed by atoms with Crippen molar-refractivity contribution < 1.29 is 0 Å². The summed E-state index contributed by atoms with van der Waals surface area (Å²) in [6, 6.07) is 0. The lowest BCUT2D eigenvalue weighted by Gasteiger charge is -2.15. The molecule has 0 unspecified atom stereocenters. The predicted octanol–water partition coefficient (Wildman–Crippen LogP) is 0.608. The maximum absolute atomic E-state index is 12.1. The molecule has 0 fully saturated rings. The minimum atomic E-state index is -0.420. The molecule has 0 radical (unpaired) electrons. The van der Waals surface area contributed by atoms with Crippen molar-refractivity contribution in [3.63, 3.8) is 0 Å². The molecule has 7 nitrogen and oxygen atoms in total. The molecule has 0 aromatic carbocycles. The highest BCUT2D eigenvalue weighted by Crippen LogP contribution is 2.13. The van der Waals surface area contributed by atoms with Gasteiger partial charge in [0, 0.05) is 25.2 Å². The molecule has 0 atom stereocenters. The number of nitrogens with one attached hydrogen (secondary N) is 1. The number of thiazole rings is 1. The van der Waals surface area contributed by atoms with Crippen molar-refractivity contribution in [2.45, 2.75) is 26.4 Å². The summed E-state index contributed by atoms with van der Waals surface area (Å²) in [4.78, 5) is 28.2. The summed E-state index contributed by atoms with van der Waals surface area (Å²) in [6.45, 7) is 2.83. The van der Waals surface area contributed by atoms with Gasteiger partial charge >= 0.3 is 5.69 Å². The first-order valence-corrected chi connectivity index (χ1v) is 7.15. The van der Waals surface area contributed by atoms with E-state index in [0.29, 0.717) is 13.1 Å². The summed E-state index contributed by atoms with van der Waals surface area (Å²) in [5.74, 6) is 0.177. The van der Waals surface area contributed by atoms with Crippen molar-refractivity contribution in [2.75, 3.05) is 11.1 Å². The lowest BCUT2D eigenvalue weighted by molar-refractivity contribution is 0.600. The first-order valence-electron chi connectivity index (χ1n) is 6.27.